The second kappa shape index (κ2) is 3.17. The van der Waals surface area contributed by atoms with Gasteiger partial charge in [-0.2, -0.15) is 0 Å². The molecule has 0 heterocycles. The van der Waals surface area contributed by atoms with Crippen LogP contribution < -0.4 is 0 Å². The van der Waals surface area contributed by atoms with Crippen LogP contribution in [0.15, 0.2) is 23.2 Å². The summed E-state index contributed by atoms with van der Waals surface area (Å²) in [7, 11) is 0. The molecule has 0 aromatic carbocycles. The zero-order valence-corrected chi connectivity index (χ0v) is 5.97. The maximum Gasteiger partial charge on any atom is 0.277 e. The summed E-state index contributed by atoms with van der Waals surface area (Å²) in [6.45, 7) is 5.43. The fourth-order valence-electron chi connectivity index (χ4n) is 0.498. The Kier molecular flexibility index (Phi) is 2.85. The summed E-state index contributed by atoms with van der Waals surface area (Å²) in [5, 5.41) is 16.9. The van der Waals surface area contributed by atoms with Crippen LogP contribution in [0.5, 0.6) is 0 Å². The van der Waals surface area contributed by atoms with Crippen LogP contribution >= 0.6 is 0 Å². The van der Waals surface area contributed by atoms with E-state index in [9.17, 15) is 0 Å². The number of allylic oxidation sites excluding steroid dienone is 3. The van der Waals surface area contributed by atoms with Crippen LogP contribution in [-0.2, 0) is 0 Å². The fraction of sp³-hybridized carbons (Fsp3) is 0.429. The summed E-state index contributed by atoms with van der Waals surface area (Å²) in [5.74, 6) is -0.601. The van der Waals surface area contributed by atoms with Crippen LogP contribution in [0.4, 0.5) is 0 Å². The number of hydrogen-bond donors (Lipinski definition) is 2. The predicted molar refractivity (Wildman–Crippen MR) is 37.4 cm³/mol. The molecule has 0 atom stereocenters. The summed E-state index contributed by atoms with van der Waals surface area (Å²) in [6, 6.07) is 0. The molecule has 9 heavy (non-hydrogen) atoms. The molecule has 0 unspecified atom stereocenters. The van der Waals surface area contributed by atoms with Crippen molar-refractivity contribution in [2.75, 3.05) is 0 Å². The topological polar surface area (TPSA) is 40.5 Å². The SMILES string of the molecule is CC(C)=CC(C)=C(O)O. The highest BCUT2D eigenvalue weighted by molar-refractivity contribution is 5.19. The lowest BCUT2D eigenvalue weighted by Crippen LogP contribution is -1.81. The van der Waals surface area contributed by atoms with Crippen molar-refractivity contribution in [2.24, 2.45) is 0 Å². The average molecular weight is 128 g/mol. The molecule has 0 fully saturated rings. The monoisotopic (exact) mass is 128 g/mol. The lowest BCUT2D eigenvalue weighted by atomic mass is 10.2. The first-order valence-corrected chi connectivity index (χ1v) is 2.77. The minimum Gasteiger partial charge on any atom is -0.481 e. The van der Waals surface area contributed by atoms with Gasteiger partial charge in [0.15, 0.2) is 0 Å². The lowest BCUT2D eigenvalue weighted by Gasteiger charge is -1.92. The van der Waals surface area contributed by atoms with Crippen molar-refractivity contribution in [1.82, 2.24) is 0 Å². The molecule has 0 radical (unpaired) electrons. The van der Waals surface area contributed by atoms with Crippen molar-refractivity contribution >= 4 is 0 Å². The van der Waals surface area contributed by atoms with Crippen LogP contribution in [0.1, 0.15) is 20.8 Å². The molecule has 52 valence electrons. The Morgan fingerprint density at radius 1 is 1.11 bits per heavy atom. The second-order valence-electron chi connectivity index (χ2n) is 2.23. The molecule has 2 N–H and O–H groups in total. The van der Waals surface area contributed by atoms with E-state index in [0.29, 0.717) is 5.57 Å². The van der Waals surface area contributed by atoms with E-state index in [0.717, 1.165) is 5.57 Å². The zero-order chi connectivity index (χ0) is 7.44. The van der Waals surface area contributed by atoms with E-state index < -0.39 is 5.95 Å². The van der Waals surface area contributed by atoms with Gasteiger partial charge in [0, 0.05) is 5.57 Å². The maximum atomic E-state index is 8.46. The van der Waals surface area contributed by atoms with Crippen LogP contribution in [-0.4, -0.2) is 10.2 Å². The van der Waals surface area contributed by atoms with E-state index in [-0.39, 0.29) is 0 Å². The van der Waals surface area contributed by atoms with Gasteiger partial charge in [0.05, 0.1) is 0 Å². The number of aliphatic hydroxyl groups is 2. The Balaban J connectivity index is 4.25. The summed E-state index contributed by atoms with van der Waals surface area (Å²) >= 11 is 0. The summed E-state index contributed by atoms with van der Waals surface area (Å²) in [4.78, 5) is 0. The molecule has 2 nitrogen and oxygen atoms in total. The average Bonchev–Trinajstić information content (AvgIpc) is 1.63. The lowest BCUT2D eigenvalue weighted by molar-refractivity contribution is 0.186. The largest absolute Gasteiger partial charge is 0.481 e. The quantitative estimate of drug-likeness (QED) is 0.420. The highest BCUT2D eigenvalue weighted by Crippen LogP contribution is 2.02. The third-order valence-electron chi connectivity index (χ3n) is 0.858. The van der Waals surface area contributed by atoms with E-state index in [1.807, 2.05) is 13.8 Å². The minimum atomic E-state index is -0.601. The van der Waals surface area contributed by atoms with Gasteiger partial charge >= 0.3 is 0 Å². The van der Waals surface area contributed by atoms with E-state index in [1.165, 1.54) is 0 Å². The zero-order valence-electron chi connectivity index (χ0n) is 5.97. The molecular formula is C7H12O2. The Hall–Kier alpha value is -0.920. The third-order valence-corrected chi connectivity index (χ3v) is 0.858. The van der Waals surface area contributed by atoms with Gasteiger partial charge in [0.2, 0.25) is 0 Å². The van der Waals surface area contributed by atoms with Gasteiger partial charge in [-0.1, -0.05) is 11.6 Å². The fourth-order valence-corrected chi connectivity index (χ4v) is 0.498. The molecule has 0 aromatic rings. The van der Waals surface area contributed by atoms with E-state index in [4.69, 9.17) is 10.2 Å². The van der Waals surface area contributed by atoms with E-state index in [1.54, 1.807) is 13.0 Å². The van der Waals surface area contributed by atoms with Gasteiger partial charge in [-0.15, -0.1) is 0 Å². The van der Waals surface area contributed by atoms with Gasteiger partial charge in [-0.3, -0.25) is 0 Å². The van der Waals surface area contributed by atoms with Crippen LogP contribution in [0, 0.1) is 0 Å². The Morgan fingerprint density at radius 2 is 1.56 bits per heavy atom. The van der Waals surface area contributed by atoms with Crippen molar-refractivity contribution in [2.45, 2.75) is 20.8 Å². The molecular weight excluding hydrogens is 116 g/mol. The van der Waals surface area contributed by atoms with Gasteiger partial charge in [0.1, 0.15) is 0 Å². The second-order valence-corrected chi connectivity index (χ2v) is 2.23. The first-order chi connectivity index (χ1) is 4.04. The molecule has 0 aliphatic carbocycles. The summed E-state index contributed by atoms with van der Waals surface area (Å²) in [6.07, 6.45) is 1.70. The van der Waals surface area contributed by atoms with Crippen molar-refractivity contribution in [3.8, 4) is 0 Å². The van der Waals surface area contributed by atoms with Gasteiger partial charge in [-0.05, 0) is 20.8 Å². The molecule has 0 aliphatic heterocycles. The van der Waals surface area contributed by atoms with Crippen molar-refractivity contribution in [3.05, 3.63) is 23.2 Å². The standard InChI is InChI=1S/C7H12O2/c1-5(2)4-6(3)7(8)9/h4,8-9H,1-3H3. The molecule has 0 bridgehead atoms. The summed E-state index contributed by atoms with van der Waals surface area (Å²) in [5.41, 5.74) is 1.54. The number of rotatable bonds is 1. The van der Waals surface area contributed by atoms with Crippen molar-refractivity contribution in [1.29, 1.82) is 0 Å². The Morgan fingerprint density at radius 3 is 1.67 bits per heavy atom. The molecule has 0 saturated heterocycles. The third kappa shape index (κ3) is 3.64. The van der Waals surface area contributed by atoms with Gasteiger partial charge in [-0.25, -0.2) is 0 Å². The van der Waals surface area contributed by atoms with Crippen LogP contribution in [0.25, 0.3) is 0 Å². The molecule has 0 amide bonds. The molecule has 0 saturated carbocycles. The maximum absolute atomic E-state index is 8.46. The first-order valence-electron chi connectivity index (χ1n) is 2.77. The Bertz CT molecular complexity index is 146. The van der Waals surface area contributed by atoms with Gasteiger partial charge in [0.25, 0.3) is 5.95 Å². The highest BCUT2D eigenvalue weighted by atomic mass is 16.5. The number of hydrogen-bond acceptors (Lipinski definition) is 2. The molecule has 0 aliphatic rings. The Labute approximate surface area is 55.1 Å². The predicted octanol–water partition coefficient (Wildman–Crippen LogP) is 2.30. The smallest absolute Gasteiger partial charge is 0.277 e. The minimum absolute atomic E-state index is 0.495. The molecule has 0 aromatic heterocycles. The van der Waals surface area contributed by atoms with Crippen molar-refractivity contribution < 1.29 is 10.2 Å². The molecule has 2 heteroatoms. The van der Waals surface area contributed by atoms with Crippen molar-refractivity contribution in [3.63, 3.8) is 0 Å². The van der Waals surface area contributed by atoms with Gasteiger partial charge < -0.3 is 10.2 Å². The highest BCUT2D eigenvalue weighted by Gasteiger charge is 1.90. The summed E-state index contributed by atoms with van der Waals surface area (Å²) < 4.78 is 0. The van der Waals surface area contributed by atoms with E-state index >= 15 is 0 Å². The van der Waals surface area contributed by atoms with Crippen LogP contribution in [0.3, 0.4) is 0 Å². The number of aliphatic hydroxyl groups excluding tert-OH is 1. The normalized spacial score (nSPS) is 8.33. The molecule has 0 spiro atoms. The van der Waals surface area contributed by atoms with E-state index in [2.05, 4.69) is 0 Å². The molecule has 0 rings (SSSR count). The first kappa shape index (κ1) is 8.08. The van der Waals surface area contributed by atoms with Crippen LogP contribution in [0.2, 0.25) is 0 Å².